The third-order valence-corrected chi connectivity index (χ3v) is 2.82. The van der Waals surface area contributed by atoms with Crippen molar-refractivity contribution in [1.29, 1.82) is 0 Å². The van der Waals surface area contributed by atoms with E-state index in [2.05, 4.69) is 34.6 Å². The second kappa shape index (κ2) is 17.4. The third-order valence-electron chi connectivity index (χ3n) is 2.82. The second-order valence-electron chi connectivity index (χ2n) is 5.30. The van der Waals surface area contributed by atoms with Crippen LogP contribution in [0.1, 0.15) is 98.8 Å². The molecule has 0 amide bonds. The van der Waals surface area contributed by atoms with E-state index >= 15 is 0 Å². The van der Waals surface area contributed by atoms with Crippen LogP contribution in [0.15, 0.2) is 0 Å². The van der Waals surface area contributed by atoms with Gasteiger partial charge in [-0.1, -0.05) is 98.8 Å². The molecule has 0 spiro atoms. The molecule has 0 atom stereocenters. The van der Waals surface area contributed by atoms with Crippen molar-refractivity contribution >= 4 is 0 Å². The van der Waals surface area contributed by atoms with E-state index in [0.29, 0.717) is 0 Å². The molecule has 0 N–H and O–H groups in total. The summed E-state index contributed by atoms with van der Waals surface area (Å²) in [4.78, 5) is 0. The molecule has 0 bridgehead atoms. The van der Waals surface area contributed by atoms with Crippen molar-refractivity contribution < 1.29 is 0 Å². The molecule has 0 saturated heterocycles. The molecule has 0 aromatic heterocycles. The Morgan fingerprint density at radius 2 is 0.938 bits per heavy atom. The van der Waals surface area contributed by atoms with Gasteiger partial charge < -0.3 is 0 Å². The van der Waals surface area contributed by atoms with Crippen LogP contribution in [-0.4, -0.2) is 0 Å². The lowest BCUT2D eigenvalue weighted by molar-refractivity contribution is 0.576. The topological polar surface area (TPSA) is 0 Å². The Labute approximate surface area is 105 Å². The standard InChI is InChI=1S/C10H22.C6H14/c1-3-5-7-9-10-8-6-4-2;1-4-5-6(2)3/h3-10H2,1-2H3;6H,4-5H2,1-3H3. The lowest BCUT2D eigenvalue weighted by Gasteiger charge is -1.97. The fraction of sp³-hybridized carbons (Fsp3) is 1.00. The molecule has 0 fully saturated rings. The molecule has 0 radical (unpaired) electrons. The van der Waals surface area contributed by atoms with Gasteiger partial charge in [0, 0.05) is 0 Å². The molecule has 0 saturated carbocycles. The minimum absolute atomic E-state index is 0.898. The molecule has 0 aliphatic carbocycles. The summed E-state index contributed by atoms with van der Waals surface area (Å²) in [7, 11) is 0. The van der Waals surface area contributed by atoms with Crippen molar-refractivity contribution in [2.24, 2.45) is 5.92 Å². The molecule has 0 heteroatoms. The summed E-state index contributed by atoms with van der Waals surface area (Å²) < 4.78 is 0. The normalized spacial score (nSPS) is 10.1. The van der Waals surface area contributed by atoms with E-state index in [9.17, 15) is 0 Å². The van der Waals surface area contributed by atoms with Crippen LogP contribution >= 0.6 is 0 Å². The van der Waals surface area contributed by atoms with Gasteiger partial charge in [0.15, 0.2) is 0 Å². The minimum Gasteiger partial charge on any atom is -0.0654 e. The molecular formula is C16H36. The van der Waals surface area contributed by atoms with Crippen LogP contribution in [0, 0.1) is 5.92 Å². The van der Waals surface area contributed by atoms with Gasteiger partial charge >= 0.3 is 0 Å². The zero-order valence-electron chi connectivity index (χ0n) is 12.6. The van der Waals surface area contributed by atoms with Crippen LogP contribution < -0.4 is 0 Å². The smallest absolute Gasteiger partial charge is 0.0471 e. The van der Waals surface area contributed by atoms with Crippen molar-refractivity contribution in [3.63, 3.8) is 0 Å². The first-order valence-corrected chi connectivity index (χ1v) is 7.68. The summed E-state index contributed by atoms with van der Waals surface area (Å²) in [6.45, 7) is 11.3. The fourth-order valence-corrected chi connectivity index (χ4v) is 1.78. The Hall–Kier alpha value is 0. The van der Waals surface area contributed by atoms with E-state index in [1.54, 1.807) is 0 Å². The maximum atomic E-state index is 2.27. The molecule has 16 heavy (non-hydrogen) atoms. The van der Waals surface area contributed by atoms with Crippen molar-refractivity contribution in [2.75, 3.05) is 0 Å². The quantitative estimate of drug-likeness (QED) is 0.390. The summed E-state index contributed by atoms with van der Waals surface area (Å²) >= 11 is 0. The molecule has 0 rings (SSSR count). The SMILES string of the molecule is CCCC(C)C.CCCCCCCCCC. The van der Waals surface area contributed by atoms with Crippen molar-refractivity contribution in [1.82, 2.24) is 0 Å². The predicted octanol–water partition coefficient (Wildman–Crippen LogP) is 6.59. The highest BCUT2D eigenvalue weighted by atomic mass is 13.9. The molecular weight excluding hydrogens is 192 g/mol. The van der Waals surface area contributed by atoms with Gasteiger partial charge in [-0.15, -0.1) is 0 Å². The highest BCUT2D eigenvalue weighted by molar-refractivity contribution is 4.43. The lowest BCUT2D eigenvalue weighted by atomic mass is 10.1. The van der Waals surface area contributed by atoms with Crippen molar-refractivity contribution in [2.45, 2.75) is 98.8 Å². The third kappa shape index (κ3) is 23.7. The Kier molecular flexibility index (Phi) is 20.0. The first-order chi connectivity index (χ1) is 7.68. The molecule has 100 valence electrons. The van der Waals surface area contributed by atoms with Crippen molar-refractivity contribution in [3.05, 3.63) is 0 Å². The van der Waals surface area contributed by atoms with Gasteiger partial charge in [-0.3, -0.25) is 0 Å². The predicted molar refractivity (Wildman–Crippen MR) is 78.0 cm³/mol. The van der Waals surface area contributed by atoms with Gasteiger partial charge in [0.1, 0.15) is 0 Å². The van der Waals surface area contributed by atoms with E-state index in [-0.39, 0.29) is 0 Å². The van der Waals surface area contributed by atoms with Crippen LogP contribution in [0.2, 0.25) is 0 Å². The van der Waals surface area contributed by atoms with Gasteiger partial charge in [-0.05, 0) is 5.92 Å². The number of unbranched alkanes of at least 4 members (excludes halogenated alkanes) is 7. The Morgan fingerprint density at radius 3 is 1.12 bits per heavy atom. The lowest BCUT2D eigenvalue weighted by Crippen LogP contribution is -1.81. The number of rotatable bonds is 9. The molecule has 0 aliphatic heterocycles. The molecule has 0 aliphatic rings. The monoisotopic (exact) mass is 228 g/mol. The molecule has 0 heterocycles. The summed E-state index contributed by atoms with van der Waals surface area (Å²) in [6.07, 6.45) is 14.2. The van der Waals surface area contributed by atoms with Crippen LogP contribution in [0.3, 0.4) is 0 Å². The number of hydrogen-bond acceptors (Lipinski definition) is 0. The average Bonchev–Trinajstić information content (AvgIpc) is 2.24. The Bertz CT molecular complexity index is 86.2. The van der Waals surface area contributed by atoms with E-state index in [0.717, 1.165) is 5.92 Å². The van der Waals surface area contributed by atoms with E-state index < -0.39 is 0 Å². The maximum absolute atomic E-state index is 2.27. The van der Waals surface area contributed by atoms with Crippen molar-refractivity contribution in [3.8, 4) is 0 Å². The second-order valence-corrected chi connectivity index (χ2v) is 5.30. The first-order valence-electron chi connectivity index (χ1n) is 7.68. The van der Waals surface area contributed by atoms with E-state index in [1.165, 1.54) is 64.2 Å². The van der Waals surface area contributed by atoms with Crippen LogP contribution in [-0.2, 0) is 0 Å². The number of hydrogen-bond donors (Lipinski definition) is 0. The molecule has 0 aromatic carbocycles. The summed E-state index contributed by atoms with van der Waals surface area (Å²) in [5, 5.41) is 0. The zero-order chi connectivity index (χ0) is 12.6. The average molecular weight is 228 g/mol. The summed E-state index contributed by atoms with van der Waals surface area (Å²) in [5.74, 6) is 0.898. The highest BCUT2D eigenvalue weighted by Gasteiger charge is 1.87. The largest absolute Gasteiger partial charge is 0.0654 e. The zero-order valence-corrected chi connectivity index (χ0v) is 12.6. The fourth-order valence-electron chi connectivity index (χ4n) is 1.78. The summed E-state index contributed by atoms with van der Waals surface area (Å²) in [6, 6.07) is 0. The van der Waals surface area contributed by atoms with Gasteiger partial charge in [-0.2, -0.15) is 0 Å². The van der Waals surface area contributed by atoms with Crippen LogP contribution in [0.25, 0.3) is 0 Å². The van der Waals surface area contributed by atoms with Gasteiger partial charge in [-0.25, -0.2) is 0 Å². The van der Waals surface area contributed by atoms with Gasteiger partial charge in [0.25, 0.3) is 0 Å². The van der Waals surface area contributed by atoms with E-state index in [4.69, 9.17) is 0 Å². The van der Waals surface area contributed by atoms with Crippen LogP contribution in [0.4, 0.5) is 0 Å². The van der Waals surface area contributed by atoms with Gasteiger partial charge in [0.2, 0.25) is 0 Å². The molecule has 0 unspecified atom stereocenters. The Morgan fingerprint density at radius 1 is 0.562 bits per heavy atom. The maximum Gasteiger partial charge on any atom is -0.0471 e. The minimum atomic E-state index is 0.898. The van der Waals surface area contributed by atoms with E-state index in [1.807, 2.05) is 0 Å². The first kappa shape index (κ1) is 18.4. The van der Waals surface area contributed by atoms with Crippen LogP contribution in [0.5, 0.6) is 0 Å². The van der Waals surface area contributed by atoms with Gasteiger partial charge in [0.05, 0.1) is 0 Å². The highest BCUT2D eigenvalue weighted by Crippen LogP contribution is 2.07. The Balaban J connectivity index is 0. The summed E-state index contributed by atoms with van der Waals surface area (Å²) in [5.41, 5.74) is 0. The molecule has 0 nitrogen and oxygen atoms in total. The molecule has 0 aromatic rings.